The van der Waals surface area contributed by atoms with Crippen molar-refractivity contribution in [3.63, 3.8) is 0 Å². The zero-order valence-electron chi connectivity index (χ0n) is 12.6. The number of piperazine rings is 1. The highest BCUT2D eigenvalue weighted by Gasteiger charge is 2.23. The number of aryl methyl sites for hydroxylation is 1. The molecule has 21 heavy (non-hydrogen) atoms. The third-order valence-corrected chi connectivity index (χ3v) is 4.75. The van der Waals surface area contributed by atoms with Gasteiger partial charge in [0.2, 0.25) is 0 Å². The van der Waals surface area contributed by atoms with Gasteiger partial charge in [0.05, 0.1) is 0 Å². The van der Waals surface area contributed by atoms with Gasteiger partial charge >= 0.3 is 6.09 Å². The molecule has 5 heteroatoms. The molecule has 1 aromatic rings. The van der Waals surface area contributed by atoms with E-state index in [1.807, 2.05) is 6.20 Å². The molecule has 1 aliphatic carbocycles. The second kappa shape index (κ2) is 5.92. The summed E-state index contributed by atoms with van der Waals surface area (Å²) in [6.07, 6.45) is 6.46. The summed E-state index contributed by atoms with van der Waals surface area (Å²) >= 11 is 0. The lowest BCUT2D eigenvalue weighted by molar-refractivity contribution is 0.142. The molecule has 5 nitrogen and oxygen atoms in total. The molecule has 114 valence electrons. The van der Waals surface area contributed by atoms with Crippen LogP contribution in [0.25, 0.3) is 0 Å². The molecule has 2 heterocycles. The molecule has 1 N–H and O–H groups in total. The molecular weight excluding hydrogens is 266 g/mol. The molecule has 1 amide bonds. The van der Waals surface area contributed by atoms with Crippen molar-refractivity contribution in [3.05, 3.63) is 23.4 Å². The minimum atomic E-state index is -0.823. The van der Waals surface area contributed by atoms with Gasteiger partial charge in [-0.25, -0.2) is 9.78 Å². The molecule has 0 radical (unpaired) electrons. The van der Waals surface area contributed by atoms with E-state index in [0.717, 1.165) is 18.9 Å². The summed E-state index contributed by atoms with van der Waals surface area (Å²) in [5.41, 5.74) is 2.58. The number of rotatable bonds is 2. The van der Waals surface area contributed by atoms with Crippen molar-refractivity contribution in [2.75, 3.05) is 31.1 Å². The van der Waals surface area contributed by atoms with E-state index in [-0.39, 0.29) is 0 Å². The Labute approximate surface area is 125 Å². The van der Waals surface area contributed by atoms with E-state index in [2.05, 4.69) is 22.9 Å². The maximum atomic E-state index is 10.9. The van der Waals surface area contributed by atoms with E-state index < -0.39 is 6.09 Å². The van der Waals surface area contributed by atoms with Crippen molar-refractivity contribution < 1.29 is 9.90 Å². The van der Waals surface area contributed by atoms with Gasteiger partial charge in [-0.15, -0.1) is 0 Å². The summed E-state index contributed by atoms with van der Waals surface area (Å²) in [4.78, 5) is 19.3. The van der Waals surface area contributed by atoms with Crippen molar-refractivity contribution in [2.24, 2.45) is 0 Å². The van der Waals surface area contributed by atoms with Gasteiger partial charge in [0.15, 0.2) is 0 Å². The van der Waals surface area contributed by atoms with Crippen LogP contribution in [0.1, 0.15) is 42.7 Å². The number of aromatic nitrogens is 1. The van der Waals surface area contributed by atoms with Crippen LogP contribution in [0.15, 0.2) is 12.3 Å². The summed E-state index contributed by atoms with van der Waals surface area (Å²) in [7, 11) is 0. The summed E-state index contributed by atoms with van der Waals surface area (Å²) in [5.74, 6) is 1.70. The molecule has 1 aliphatic heterocycles. The standard InChI is InChI=1S/C16H23N3O2/c1-12-10-14(13-4-2-3-5-13)11-17-15(12)18-6-8-19(9-7-18)16(20)21/h10-11,13H,2-9H2,1H3,(H,20,21). The van der Waals surface area contributed by atoms with Gasteiger partial charge in [0.25, 0.3) is 0 Å². The van der Waals surface area contributed by atoms with Gasteiger partial charge in [0.1, 0.15) is 5.82 Å². The highest BCUT2D eigenvalue weighted by Crippen LogP contribution is 2.35. The molecule has 0 atom stereocenters. The Hall–Kier alpha value is -1.78. The Bertz CT molecular complexity index is 518. The SMILES string of the molecule is Cc1cc(C2CCCC2)cnc1N1CCN(C(=O)O)CC1. The molecule has 2 aliphatic rings. The third-order valence-electron chi connectivity index (χ3n) is 4.75. The highest BCUT2D eigenvalue weighted by molar-refractivity contribution is 5.65. The maximum absolute atomic E-state index is 10.9. The van der Waals surface area contributed by atoms with Gasteiger partial charge in [-0.3, -0.25) is 0 Å². The Morgan fingerprint density at radius 3 is 2.48 bits per heavy atom. The van der Waals surface area contributed by atoms with Crippen molar-refractivity contribution in [3.8, 4) is 0 Å². The van der Waals surface area contributed by atoms with Crippen LogP contribution in [0.2, 0.25) is 0 Å². The van der Waals surface area contributed by atoms with E-state index in [1.165, 1.54) is 41.7 Å². The van der Waals surface area contributed by atoms with Crippen LogP contribution in [-0.2, 0) is 0 Å². The first-order valence-electron chi connectivity index (χ1n) is 7.84. The van der Waals surface area contributed by atoms with Crippen molar-refractivity contribution in [2.45, 2.75) is 38.5 Å². The first-order valence-corrected chi connectivity index (χ1v) is 7.84. The smallest absolute Gasteiger partial charge is 0.407 e. The fraction of sp³-hybridized carbons (Fsp3) is 0.625. The quantitative estimate of drug-likeness (QED) is 0.909. The summed E-state index contributed by atoms with van der Waals surface area (Å²) in [6.45, 7) is 4.68. The molecule has 0 spiro atoms. The Morgan fingerprint density at radius 1 is 1.24 bits per heavy atom. The second-order valence-electron chi connectivity index (χ2n) is 6.15. The number of hydrogen-bond donors (Lipinski definition) is 1. The number of carbonyl (C=O) groups is 1. The predicted octanol–water partition coefficient (Wildman–Crippen LogP) is 2.85. The maximum Gasteiger partial charge on any atom is 0.407 e. The number of pyridine rings is 1. The van der Waals surface area contributed by atoms with Gasteiger partial charge in [-0.1, -0.05) is 18.9 Å². The van der Waals surface area contributed by atoms with Gasteiger partial charge < -0.3 is 14.9 Å². The first kappa shape index (κ1) is 14.2. The van der Waals surface area contributed by atoms with E-state index in [0.29, 0.717) is 19.0 Å². The average molecular weight is 289 g/mol. The summed E-state index contributed by atoms with van der Waals surface area (Å²) in [5, 5.41) is 9.00. The summed E-state index contributed by atoms with van der Waals surface area (Å²) in [6, 6.07) is 2.28. The van der Waals surface area contributed by atoms with Gasteiger partial charge in [-0.2, -0.15) is 0 Å². The molecule has 0 aromatic carbocycles. The highest BCUT2D eigenvalue weighted by atomic mass is 16.4. The molecule has 1 aromatic heterocycles. The number of anilines is 1. The molecule has 0 bridgehead atoms. The van der Waals surface area contributed by atoms with Crippen LogP contribution < -0.4 is 4.90 Å². The minimum absolute atomic E-state index is 0.556. The van der Waals surface area contributed by atoms with Crippen LogP contribution in [0.5, 0.6) is 0 Å². The van der Waals surface area contributed by atoms with Crippen molar-refractivity contribution in [1.82, 2.24) is 9.88 Å². The first-order chi connectivity index (χ1) is 10.1. The van der Waals surface area contributed by atoms with Crippen molar-refractivity contribution in [1.29, 1.82) is 0 Å². The number of hydrogen-bond acceptors (Lipinski definition) is 3. The predicted molar refractivity (Wildman–Crippen MR) is 82.0 cm³/mol. The molecule has 0 unspecified atom stereocenters. The Kier molecular flexibility index (Phi) is 3.99. The fourth-order valence-corrected chi connectivity index (χ4v) is 3.51. The molecule has 1 saturated carbocycles. The Balaban J connectivity index is 1.70. The minimum Gasteiger partial charge on any atom is -0.465 e. The van der Waals surface area contributed by atoms with E-state index in [4.69, 9.17) is 5.11 Å². The molecule has 2 fully saturated rings. The molecular formula is C16H23N3O2. The van der Waals surface area contributed by atoms with Crippen LogP contribution in [0.4, 0.5) is 10.6 Å². The lowest BCUT2D eigenvalue weighted by atomic mass is 9.98. The van der Waals surface area contributed by atoms with Gasteiger partial charge in [0, 0.05) is 32.4 Å². The van der Waals surface area contributed by atoms with Gasteiger partial charge in [-0.05, 0) is 36.8 Å². The Morgan fingerprint density at radius 2 is 1.90 bits per heavy atom. The lowest BCUT2D eigenvalue weighted by Crippen LogP contribution is -2.48. The number of amides is 1. The van der Waals surface area contributed by atoms with Crippen LogP contribution >= 0.6 is 0 Å². The van der Waals surface area contributed by atoms with Crippen LogP contribution in [-0.4, -0.2) is 47.3 Å². The van der Waals surface area contributed by atoms with E-state index in [1.54, 1.807) is 0 Å². The van der Waals surface area contributed by atoms with E-state index >= 15 is 0 Å². The van der Waals surface area contributed by atoms with Crippen LogP contribution in [0, 0.1) is 6.92 Å². The molecule has 1 saturated heterocycles. The normalized spacial score (nSPS) is 20.0. The zero-order chi connectivity index (χ0) is 14.8. The number of carboxylic acid groups (broad SMARTS) is 1. The average Bonchev–Trinajstić information content (AvgIpc) is 3.01. The topological polar surface area (TPSA) is 56.7 Å². The van der Waals surface area contributed by atoms with E-state index in [9.17, 15) is 4.79 Å². The number of nitrogens with zero attached hydrogens (tertiary/aromatic N) is 3. The lowest BCUT2D eigenvalue weighted by Gasteiger charge is -2.34. The van der Waals surface area contributed by atoms with Crippen molar-refractivity contribution >= 4 is 11.9 Å². The third kappa shape index (κ3) is 2.96. The zero-order valence-corrected chi connectivity index (χ0v) is 12.6. The second-order valence-corrected chi connectivity index (χ2v) is 6.15. The largest absolute Gasteiger partial charge is 0.465 e. The monoisotopic (exact) mass is 289 g/mol. The fourth-order valence-electron chi connectivity index (χ4n) is 3.51. The summed E-state index contributed by atoms with van der Waals surface area (Å²) < 4.78 is 0. The van der Waals surface area contributed by atoms with Crippen LogP contribution in [0.3, 0.4) is 0 Å². The molecule has 3 rings (SSSR count).